The van der Waals surface area contributed by atoms with Gasteiger partial charge < -0.3 is 9.64 Å². The van der Waals surface area contributed by atoms with E-state index in [0.717, 1.165) is 0 Å². The molecule has 1 aliphatic carbocycles. The van der Waals surface area contributed by atoms with Crippen LogP contribution >= 0.6 is 0 Å². The van der Waals surface area contributed by atoms with Crippen molar-refractivity contribution in [1.29, 1.82) is 0 Å². The Balaban J connectivity index is 2.20. The summed E-state index contributed by atoms with van der Waals surface area (Å²) in [6.45, 7) is 3.87. The van der Waals surface area contributed by atoms with Crippen molar-refractivity contribution in [3.63, 3.8) is 0 Å². The lowest BCUT2D eigenvalue weighted by Crippen LogP contribution is -2.35. The van der Waals surface area contributed by atoms with E-state index in [1.54, 1.807) is 0 Å². The van der Waals surface area contributed by atoms with Crippen LogP contribution in [-0.2, 0) is 0 Å². The first kappa shape index (κ1) is 14.8. The number of hydrogen-bond donors (Lipinski definition) is 2. The van der Waals surface area contributed by atoms with Crippen LogP contribution < -0.4 is 20.9 Å². The molecule has 0 atom stereocenters. The van der Waals surface area contributed by atoms with Crippen molar-refractivity contribution in [3.05, 3.63) is 0 Å². The third-order valence-electron chi connectivity index (χ3n) is 3.51. The highest BCUT2D eigenvalue weighted by Crippen LogP contribution is 2.25. The Morgan fingerprint density at radius 3 is 2.50 bits per heavy atom. The topological polar surface area (TPSA) is 89.2 Å². The number of rotatable bonds is 5. The molecule has 20 heavy (non-hydrogen) atoms. The first-order valence-corrected chi connectivity index (χ1v) is 7.22. The summed E-state index contributed by atoms with van der Waals surface area (Å²) in [5.74, 6) is 6.35. The van der Waals surface area contributed by atoms with Crippen molar-refractivity contribution in [2.75, 3.05) is 17.4 Å². The zero-order chi connectivity index (χ0) is 14.5. The Morgan fingerprint density at radius 2 is 1.90 bits per heavy atom. The molecule has 1 heterocycles. The number of nitrogen functional groups attached to an aromatic ring is 1. The Bertz CT molecular complexity index is 433. The number of nitrogens with two attached hydrogens (primary N) is 1. The van der Waals surface area contributed by atoms with Gasteiger partial charge in [0.1, 0.15) is 0 Å². The Kier molecular flexibility index (Phi) is 4.94. The normalized spacial score (nSPS) is 16.2. The van der Waals surface area contributed by atoms with E-state index in [1.165, 1.54) is 32.1 Å². The molecule has 1 fully saturated rings. The Labute approximate surface area is 119 Å². The van der Waals surface area contributed by atoms with Crippen LogP contribution in [-0.4, -0.2) is 34.1 Å². The molecule has 2 rings (SSSR count). The van der Waals surface area contributed by atoms with Crippen molar-refractivity contribution in [1.82, 2.24) is 15.0 Å². The zero-order valence-corrected chi connectivity index (χ0v) is 12.5. The molecule has 7 heteroatoms. The first-order chi connectivity index (χ1) is 9.60. The predicted molar refractivity (Wildman–Crippen MR) is 78.7 cm³/mol. The lowest BCUT2D eigenvalue weighted by atomic mass is 9.95. The minimum absolute atomic E-state index is 0.0101. The molecule has 112 valence electrons. The van der Waals surface area contributed by atoms with Crippen LogP contribution in [0.1, 0.15) is 46.0 Å². The molecule has 0 amide bonds. The van der Waals surface area contributed by atoms with Gasteiger partial charge in [-0.05, 0) is 26.7 Å². The highest BCUT2D eigenvalue weighted by molar-refractivity contribution is 5.38. The van der Waals surface area contributed by atoms with Gasteiger partial charge in [0, 0.05) is 13.1 Å². The van der Waals surface area contributed by atoms with Gasteiger partial charge in [-0.1, -0.05) is 19.3 Å². The smallest absolute Gasteiger partial charge is 0.323 e. The molecule has 3 N–H and O–H groups in total. The monoisotopic (exact) mass is 280 g/mol. The predicted octanol–water partition coefficient (Wildman–Crippen LogP) is 1.71. The molecule has 0 saturated heterocycles. The number of hydrogen-bond acceptors (Lipinski definition) is 7. The van der Waals surface area contributed by atoms with Crippen LogP contribution in [0.25, 0.3) is 0 Å². The molecule has 1 saturated carbocycles. The van der Waals surface area contributed by atoms with Crippen LogP contribution in [0.3, 0.4) is 0 Å². The third-order valence-corrected chi connectivity index (χ3v) is 3.51. The Morgan fingerprint density at radius 1 is 1.20 bits per heavy atom. The average molecular weight is 280 g/mol. The van der Waals surface area contributed by atoms with Gasteiger partial charge in [0.15, 0.2) is 0 Å². The fourth-order valence-electron chi connectivity index (χ4n) is 2.46. The van der Waals surface area contributed by atoms with E-state index < -0.39 is 0 Å². The second kappa shape index (κ2) is 6.69. The molecule has 0 spiro atoms. The number of ether oxygens (including phenoxy) is 1. The lowest BCUT2D eigenvalue weighted by Gasteiger charge is -2.31. The highest BCUT2D eigenvalue weighted by Gasteiger charge is 2.21. The molecule has 0 aliphatic heterocycles. The van der Waals surface area contributed by atoms with Crippen LogP contribution in [0.5, 0.6) is 6.01 Å². The van der Waals surface area contributed by atoms with Crippen LogP contribution in [0.4, 0.5) is 11.9 Å². The lowest BCUT2D eigenvalue weighted by molar-refractivity contribution is 0.222. The average Bonchev–Trinajstić information content (AvgIpc) is 2.46. The van der Waals surface area contributed by atoms with E-state index in [4.69, 9.17) is 10.6 Å². The quantitative estimate of drug-likeness (QED) is 0.627. The van der Waals surface area contributed by atoms with E-state index in [9.17, 15) is 0 Å². The first-order valence-electron chi connectivity index (χ1n) is 7.22. The summed E-state index contributed by atoms with van der Waals surface area (Å²) in [7, 11) is 2.02. The van der Waals surface area contributed by atoms with Gasteiger partial charge in [-0.3, -0.25) is 5.43 Å². The standard InChI is InChI=1S/C13H24N6O/c1-9(2)20-13-16-11(18-14)15-12(17-13)19(3)10-7-5-4-6-8-10/h9-10H,4-8,14H2,1-3H3,(H,15,16,17,18). The van der Waals surface area contributed by atoms with E-state index in [2.05, 4.69) is 25.3 Å². The van der Waals surface area contributed by atoms with E-state index in [-0.39, 0.29) is 6.10 Å². The maximum Gasteiger partial charge on any atom is 0.323 e. The molecular formula is C13H24N6O. The minimum atomic E-state index is 0.0101. The van der Waals surface area contributed by atoms with E-state index in [0.29, 0.717) is 23.9 Å². The second-order valence-corrected chi connectivity index (χ2v) is 5.46. The van der Waals surface area contributed by atoms with Gasteiger partial charge in [-0.15, -0.1) is 0 Å². The van der Waals surface area contributed by atoms with Gasteiger partial charge in [0.2, 0.25) is 11.9 Å². The number of nitrogens with zero attached hydrogens (tertiary/aromatic N) is 4. The largest absolute Gasteiger partial charge is 0.461 e. The summed E-state index contributed by atoms with van der Waals surface area (Å²) in [4.78, 5) is 14.9. The summed E-state index contributed by atoms with van der Waals surface area (Å²) >= 11 is 0. The molecular weight excluding hydrogens is 256 g/mol. The summed E-state index contributed by atoms with van der Waals surface area (Å²) in [5, 5.41) is 0. The number of nitrogens with one attached hydrogen (secondary N) is 1. The van der Waals surface area contributed by atoms with Gasteiger partial charge in [-0.2, -0.15) is 15.0 Å². The summed E-state index contributed by atoms with van der Waals surface area (Å²) in [6.07, 6.45) is 6.20. The molecule has 7 nitrogen and oxygen atoms in total. The number of aromatic nitrogens is 3. The van der Waals surface area contributed by atoms with Gasteiger partial charge in [-0.25, -0.2) is 5.84 Å². The summed E-state index contributed by atoms with van der Waals surface area (Å²) in [6, 6.07) is 0.782. The minimum Gasteiger partial charge on any atom is -0.461 e. The van der Waals surface area contributed by atoms with Crippen LogP contribution in [0, 0.1) is 0 Å². The van der Waals surface area contributed by atoms with Crippen LogP contribution in [0.2, 0.25) is 0 Å². The van der Waals surface area contributed by atoms with Gasteiger partial charge in [0.05, 0.1) is 6.10 Å². The van der Waals surface area contributed by atoms with Crippen molar-refractivity contribution in [2.24, 2.45) is 5.84 Å². The summed E-state index contributed by atoms with van der Waals surface area (Å²) < 4.78 is 5.55. The maximum atomic E-state index is 5.55. The molecule has 1 aromatic heterocycles. The third kappa shape index (κ3) is 3.69. The highest BCUT2D eigenvalue weighted by atomic mass is 16.5. The van der Waals surface area contributed by atoms with E-state index >= 15 is 0 Å². The number of anilines is 2. The molecule has 0 radical (unpaired) electrons. The maximum absolute atomic E-state index is 5.55. The zero-order valence-electron chi connectivity index (χ0n) is 12.5. The summed E-state index contributed by atoms with van der Waals surface area (Å²) in [5.41, 5.74) is 2.47. The molecule has 0 bridgehead atoms. The SMILES string of the molecule is CC(C)Oc1nc(NN)nc(N(C)C2CCCCC2)n1. The van der Waals surface area contributed by atoms with Gasteiger partial charge in [0.25, 0.3) is 0 Å². The molecule has 0 aromatic carbocycles. The van der Waals surface area contributed by atoms with Gasteiger partial charge >= 0.3 is 6.01 Å². The molecule has 1 aromatic rings. The van der Waals surface area contributed by atoms with E-state index in [1.807, 2.05) is 20.9 Å². The van der Waals surface area contributed by atoms with Crippen molar-refractivity contribution in [3.8, 4) is 6.01 Å². The van der Waals surface area contributed by atoms with Crippen molar-refractivity contribution >= 4 is 11.9 Å². The van der Waals surface area contributed by atoms with Crippen molar-refractivity contribution < 1.29 is 4.74 Å². The fourth-order valence-corrected chi connectivity index (χ4v) is 2.46. The number of hydrazine groups is 1. The molecule has 1 aliphatic rings. The fraction of sp³-hybridized carbons (Fsp3) is 0.769. The van der Waals surface area contributed by atoms with Crippen molar-refractivity contribution in [2.45, 2.75) is 58.1 Å². The molecule has 0 unspecified atom stereocenters. The Hall–Kier alpha value is -1.63. The second-order valence-electron chi connectivity index (χ2n) is 5.46. The van der Waals surface area contributed by atoms with Crippen LogP contribution in [0.15, 0.2) is 0 Å².